The summed E-state index contributed by atoms with van der Waals surface area (Å²) in [6.07, 6.45) is 1.83. The molecule has 0 aliphatic carbocycles. The lowest BCUT2D eigenvalue weighted by molar-refractivity contribution is 0.0953. The van der Waals surface area contributed by atoms with E-state index in [1.54, 1.807) is 18.2 Å². The van der Waals surface area contributed by atoms with Crippen molar-refractivity contribution < 1.29 is 4.79 Å². The molecule has 0 unspecified atom stereocenters. The molecule has 0 fully saturated rings. The fourth-order valence-corrected chi connectivity index (χ4v) is 2.22. The van der Waals surface area contributed by atoms with E-state index in [1.807, 2.05) is 18.2 Å². The molecule has 2 rings (SSSR count). The van der Waals surface area contributed by atoms with Crippen LogP contribution in [0.4, 0.5) is 5.69 Å². The Morgan fingerprint density at radius 2 is 1.90 bits per heavy atom. The molecule has 3 nitrogen and oxygen atoms in total. The van der Waals surface area contributed by atoms with Gasteiger partial charge in [0.15, 0.2) is 0 Å². The molecule has 1 amide bonds. The van der Waals surface area contributed by atoms with Gasteiger partial charge in [0.25, 0.3) is 5.91 Å². The number of amides is 1. The zero-order valence-electron chi connectivity index (χ0n) is 11.1. The first kappa shape index (κ1) is 14.4. The molecule has 4 heteroatoms. The van der Waals surface area contributed by atoms with Crippen LogP contribution in [-0.4, -0.2) is 12.5 Å². The molecule has 0 saturated carbocycles. The summed E-state index contributed by atoms with van der Waals surface area (Å²) in [7, 11) is 0. The van der Waals surface area contributed by atoms with E-state index in [9.17, 15) is 4.79 Å². The molecule has 104 valence electrons. The number of hydrogen-bond donors (Lipinski definition) is 2. The molecule has 0 radical (unpaired) electrons. The second-order valence-electron chi connectivity index (χ2n) is 4.58. The standard InChI is InChI=1S/C16H17ClN2O/c17-15-11-13(18)8-9-14(15)16(20)19-10-4-7-12-5-2-1-3-6-12/h1-3,5-6,8-9,11H,4,7,10,18H2,(H,19,20). The first-order valence-corrected chi connectivity index (χ1v) is 6.92. The summed E-state index contributed by atoms with van der Waals surface area (Å²) in [5.41, 5.74) is 7.88. The Balaban J connectivity index is 1.80. The number of nitrogens with two attached hydrogens (primary N) is 1. The molecule has 0 aliphatic heterocycles. The summed E-state index contributed by atoms with van der Waals surface area (Å²) in [6.45, 7) is 0.619. The molecule has 0 spiro atoms. The van der Waals surface area contributed by atoms with Gasteiger partial charge in [0.2, 0.25) is 0 Å². The largest absolute Gasteiger partial charge is 0.399 e. The highest BCUT2D eigenvalue weighted by Crippen LogP contribution is 2.18. The highest BCUT2D eigenvalue weighted by atomic mass is 35.5. The maximum absolute atomic E-state index is 12.0. The number of rotatable bonds is 5. The van der Waals surface area contributed by atoms with Crippen molar-refractivity contribution in [3.8, 4) is 0 Å². The van der Waals surface area contributed by atoms with Crippen molar-refractivity contribution in [2.75, 3.05) is 12.3 Å². The maximum Gasteiger partial charge on any atom is 0.252 e. The van der Waals surface area contributed by atoms with Gasteiger partial charge in [0, 0.05) is 12.2 Å². The van der Waals surface area contributed by atoms with E-state index in [2.05, 4.69) is 17.4 Å². The van der Waals surface area contributed by atoms with Crippen molar-refractivity contribution in [3.63, 3.8) is 0 Å². The lowest BCUT2D eigenvalue weighted by Gasteiger charge is -2.07. The van der Waals surface area contributed by atoms with Crippen LogP contribution in [0, 0.1) is 0 Å². The Morgan fingerprint density at radius 1 is 1.15 bits per heavy atom. The van der Waals surface area contributed by atoms with Crippen LogP contribution < -0.4 is 11.1 Å². The molecule has 2 aromatic rings. The van der Waals surface area contributed by atoms with Crippen LogP contribution in [-0.2, 0) is 6.42 Å². The summed E-state index contributed by atoms with van der Waals surface area (Å²) in [5, 5.41) is 3.25. The van der Waals surface area contributed by atoms with Crippen molar-refractivity contribution in [3.05, 3.63) is 64.7 Å². The highest BCUT2D eigenvalue weighted by molar-refractivity contribution is 6.34. The number of aryl methyl sites for hydroxylation is 1. The Bertz CT molecular complexity index is 584. The van der Waals surface area contributed by atoms with E-state index in [0.717, 1.165) is 12.8 Å². The average molecular weight is 289 g/mol. The van der Waals surface area contributed by atoms with Gasteiger partial charge in [-0.25, -0.2) is 0 Å². The number of hydrogen-bond acceptors (Lipinski definition) is 2. The van der Waals surface area contributed by atoms with Gasteiger partial charge in [-0.15, -0.1) is 0 Å². The number of nitrogens with one attached hydrogen (secondary N) is 1. The van der Waals surface area contributed by atoms with Crippen molar-refractivity contribution in [1.82, 2.24) is 5.32 Å². The molecule has 0 atom stereocenters. The average Bonchev–Trinajstić information content (AvgIpc) is 2.44. The van der Waals surface area contributed by atoms with Gasteiger partial charge in [0.1, 0.15) is 0 Å². The molecular formula is C16H17ClN2O. The smallest absolute Gasteiger partial charge is 0.252 e. The minimum absolute atomic E-state index is 0.164. The molecule has 20 heavy (non-hydrogen) atoms. The maximum atomic E-state index is 12.0. The third-order valence-corrected chi connectivity index (χ3v) is 3.32. The van der Waals surface area contributed by atoms with E-state index in [-0.39, 0.29) is 5.91 Å². The predicted molar refractivity (Wildman–Crippen MR) is 83.0 cm³/mol. The molecular weight excluding hydrogens is 272 g/mol. The first-order chi connectivity index (χ1) is 9.66. The van der Waals surface area contributed by atoms with Crippen LogP contribution in [0.5, 0.6) is 0 Å². The zero-order valence-corrected chi connectivity index (χ0v) is 11.9. The van der Waals surface area contributed by atoms with E-state index in [1.165, 1.54) is 5.56 Å². The Hall–Kier alpha value is -2.00. The van der Waals surface area contributed by atoms with Gasteiger partial charge >= 0.3 is 0 Å². The fraction of sp³-hybridized carbons (Fsp3) is 0.188. The normalized spacial score (nSPS) is 10.2. The third kappa shape index (κ3) is 4.00. The topological polar surface area (TPSA) is 55.1 Å². The van der Waals surface area contributed by atoms with Crippen LogP contribution in [0.1, 0.15) is 22.3 Å². The Morgan fingerprint density at radius 3 is 2.60 bits per heavy atom. The van der Waals surface area contributed by atoms with Crippen molar-refractivity contribution in [1.29, 1.82) is 0 Å². The molecule has 0 heterocycles. The number of carbonyl (C=O) groups excluding carboxylic acids is 1. The van der Waals surface area contributed by atoms with E-state index in [4.69, 9.17) is 17.3 Å². The van der Waals surface area contributed by atoms with Crippen molar-refractivity contribution in [2.24, 2.45) is 0 Å². The van der Waals surface area contributed by atoms with E-state index in [0.29, 0.717) is 22.8 Å². The van der Waals surface area contributed by atoms with Crippen LogP contribution in [0.15, 0.2) is 48.5 Å². The number of carbonyl (C=O) groups is 1. The van der Waals surface area contributed by atoms with Gasteiger partial charge in [0.05, 0.1) is 10.6 Å². The van der Waals surface area contributed by atoms with Gasteiger partial charge in [-0.1, -0.05) is 41.9 Å². The number of benzene rings is 2. The summed E-state index contributed by atoms with van der Waals surface area (Å²) < 4.78 is 0. The molecule has 3 N–H and O–H groups in total. The summed E-state index contributed by atoms with van der Waals surface area (Å²) in [6, 6.07) is 15.1. The quantitative estimate of drug-likeness (QED) is 0.655. The monoisotopic (exact) mass is 288 g/mol. The minimum Gasteiger partial charge on any atom is -0.399 e. The molecule has 0 aliphatic rings. The summed E-state index contributed by atoms with van der Waals surface area (Å²) in [5.74, 6) is -0.164. The van der Waals surface area contributed by atoms with Gasteiger partial charge in [-0.05, 0) is 36.6 Å². The molecule has 0 aromatic heterocycles. The van der Waals surface area contributed by atoms with E-state index >= 15 is 0 Å². The SMILES string of the molecule is Nc1ccc(C(=O)NCCCc2ccccc2)c(Cl)c1. The number of anilines is 1. The third-order valence-electron chi connectivity index (χ3n) is 3.01. The van der Waals surface area contributed by atoms with Gasteiger partial charge < -0.3 is 11.1 Å². The highest BCUT2D eigenvalue weighted by Gasteiger charge is 2.09. The zero-order chi connectivity index (χ0) is 14.4. The van der Waals surface area contributed by atoms with Crippen LogP contribution in [0.25, 0.3) is 0 Å². The molecule has 0 bridgehead atoms. The van der Waals surface area contributed by atoms with Crippen LogP contribution >= 0.6 is 11.6 Å². The van der Waals surface area contributed by atoms with Gasteiger partial charge in [-0.3, -0.25) is 4.79 Å². The lowest BCUT2D eigenvalue weighted by Crippen LogP contribution is -2.25. The van der Waals surface area contributed by atoms with E-state index < -0.39 is 0 Å². The predicted octanol–water partition coefficient (Wildman–Crippen LogP) is 3.28. The number of nitrogen functional groups attached to an aromatic ring is 1. The second kappa shape index (κ2) is 6.96. The Kier molecular flexibility index (Phi) is 5.02. The van der Waals surface area contributed by atoms with Crippen LogP contribution in [0.3, 0.4) is 0 Å². The van der Waals surface area contributed by atoms with Gasteiger partial charge in [-0.2, -0.15) is 0 Å². The van der Waals surface area contributed by atoms with Crippen molar-refractivity contribution >= 4 is 23.2 Å². The molecule has 0 saturated heterocycles. The lowest BCUT2D eigenvalue weighted by atomic mass is 10.1. The van der Waals surface area contributed by atoms with Crippen LogP contribution in [0.2, 0.25) is 5.02 Å². The summed E-state index contributed by atoms with van der Waals surface area (Å²) in [4.78, 5) is 12.0. The fourth-order valence-electron chi connectivity index (χ4n) is 1.95. The van der Waals surface area contributed by atoms with Crippen molar-refractivity contribution in [2.45, 2.75) is 12.8 Å². The Labute approximate surface area is 123 Å². The minimum atomic E-state index is -0.164. The second-order valence-corrected chi connectivity index (χ2v) is 4.99. The molecule has 2 aromatic carbocycles. The number of halogens is 1. The first-order valence-electron chi connectivity index (χ1n) is 6.54. The summed E-state index contributed by atoms with van der Waals surface area (Å²) >= 11 is 5.99.